The number of fused-ring (bicyclic) bond motifs is 3. The highest BCUT2D eigenvalue weighted by Crippen LogP contribution is 2.71. The van der Waals surface area contributed by atoms with E-state index >= 15 is 0 Å². The molecule has 9 heteroatoms. The molecule has 2 aromatic carbocycles. The van der Waals surface area contributed by atoms with Gasteiger partial charge < -0.3 is 24.4 Å². The van der Waals surface area contributed by atoms with Crippen LogP contribution >= 0.6 is 27.5 Å². The zero-order chi connectivity index (χ0) is 26.5. The molecular formula is C29H30BrClN2O5. The van der Waals surface area contributed by atoms with Crippen molar-refractivity contribution in [1.29, 1.82) is 0 Å². The van der Waals surface area contributed by atoms with Gasteiger partial charge in [-0.25, -0.2) is 4.98 Å². The molecule has 1 aromatic heterocycles. The first-order valence-corrected chi connectivity index (χ1v) is 14.0. The van der Waals surface area contributed by atoms with Gasteiger partial charge in [-0.3, -0.25) is 4.90 Å². The quantitative estimate of drug-likeness (QED) is 0.407. The summed E-state index contributed by atoms with van der Waals surface area (Å²) in [5.74, 6) is -0.468. The predicted molar refractivity (Wildman–Crippen MR) is 147 cm³/mol. The van der Waals surface area contributed by atoms with Crippen molar-refractivity contribution in [3.8, 4) is 11.6 Å². The smallest absolute Gasteiger partial charge is 0.224 e. The van der Waals surface area contributed by atoms with E-state index in [2.05, 4.69) is 25.8 Å². The van der Waals surface area contributed by atoms with Gasteiger partial charge in [0.05, 0.1) is 25.9 Å². The molecule has 3 heterocycles. The summed E-state index contributed by atoms with van der Waals surface area (Å²) in [5, 5.41) is 24.5. The van der Waals surface area contributed by atoms with E-state index in [0.29, 0.717) is 31.1 Å². The summed E-state index contributed by atoms with van der Waals surface area (Å²) in [6, 6.07) is 19.5. The van der Waals surface area contributed by atoms with Crippen molar-refractivity contribution in [2.24, 2.45) is 11.8 Å². The Hall–Kier alpha value is -2.20. The van der Waals surface area contributed by atoms with Gasteiger partial charge in [-0.05, 0) is 23.3 Å². The Balaban J connectivity index is 1.66. The maximum absolute atomic E-state index is 13.3. The molecule has 0 bridgehead atoms. The molecule has 1 saturated heterocycles. The second-order valence-electron chi connectivity index (χ2n) is 10.2. The number of aliphatic hydroxyl groups is 2. The third kappa shape index (κ3) is 3.80. The summed E-state index contributed by atoms with van der Waals surface area (Å²) in [7, 11) is 1.52. The number of methoxy groups -OCH3 is 1. The van der Waals surface area contributed by atoms with Crippen LogP contribution in [-0.2, 0) is 15.9 Å². The average molecular weight is 602 g/mol. The highest BCUT2D eigenvalue weighted by atomic mass is 79.9. The van der Waals surface area contributed by atoms with Crippen LogP contribution in [0, 0.1) is 11.8 Å². The first kappa shape index (κ1) is 26.0. The van der Waals surface area contributed by atoms with Crippen molar-refractivity contribution in [3.63, 3.8) is 0 Å². The highest BCUT2D eigenvalue weighted by Gasteiger charge is 2.76. The van der Waals surface area contributed by atoms with E-state index in [1.54, 1.807) is 6.07 Å². The monoisotopic (exact) mass is 600 g/mol. The first-order chi connectivity index (χ1) is 18.4. The molecule has 2 aliphatic heterocycles. The number of hydrogen-bond donors (Lipinski definition) is 2. The molecule has 2 fully saturated rings. The minimum absolute atomic E-state index is 0.128. The molecule has 1 aliphatic carbocycles. The Morgan fingerprint density at radius 3 is 2.50 bits per heavy atom. The molecule has 0 amide bonds. The van der Waals surface area contributed by atoms with Crippen molar-refractivity contribution in [2.75, 3.05) is 46.6 Å². The maximum Gasteiger partial charge on any atom is 0.224 e. The van der Waals surface area contributed by atoms with Gasteiger partial charge in [-0.1, -0.05) is 70.0 Å². The Morgan fingerprint density at radius 1 is 1.13 bits per heavy atom. The standard InChI is InChI=1S/C29H30BrClN2O5/c1-36-27-26-23(15-24(31)32-27)38-29(19-7-9-20(30)10-8-19)25(18-5-3-2-4-6-18)21(17-34)22(28(26,29)35)16-33-11-13-37-14-12-33/h2-10,15,21-22,25,34-35H,11-14,16-17H2,1H3/t21-,22?,25+,28+,29-/m0/s1. The molecule has 5 atom stereocenters. The minimum Gasteiger partial charge on any atom is -0.481 e. The van der Waals surface area contributed by atoms with Gasteiger partial charge >= 0.3 is 0 Å². The molecule has 1 unspecified atom stereocenters. The summed E-state index contributed by atoms with van der Waals surface area (Å²) < 4.78 is 19.2. The molecule has 7 nitrogen and oxygen atoms in total. The fourth-order valence-electron chi connectivity index (χ4n) is 6.95. The highest BCUT2D eigenvalue weighted by molar-refractivity contribution is 9.10. The number of halogens is 2. The number of hydrogen-bond acceptors (Lipinski definition) is 7. The summed E-state index contributed by atoms with van der Waals surface area (Å²) in [6.07, 6.45) is 0. The Bertz CT molecular complexity index is 1310. The number of nitrogens with zero attached hydrogens (tertiary/aromatic N) is 2. The molecular weight excluding hydrogens is 572 g/mol. The van der Waals surface area contributed by atoms with Gasteiger partial charge in [0.1, 0.15) is 16.5 Å². The SMILES string of the molecule is COc1nc(Cl)cc2c1[C@]1(O)C(CN3CCOCC3)[C@H](CO)[C@@H](c3ccccc3)[C@]1(c1ccc(Br)cc1)O2. The van der Waals surface area contributed by atoms with Crippen LogP contribution in [0.2, 0.25) is 5.15 Å². The zero-order valence-electron chi connectivity index (χ0n) is 21.0. The van der Waals surface area contributed by atoms with E-state index in [4.69, 9.17) is 25.8 Å². The summed E-state index contributed by atoms with van der Waals surface area (Å²) in [5.41, 5.74) is -0.618. The van der Waals surface area contributed by atoms with Crippen molar-refractivity contribution < 1.29 is 24.4 Å². The third-order valence-electron chi connectivity index (χ3n) is 8.45. The number of benzene rings is 2. The van der Waals surface area contributed by atoms with E-state index in [-0.39, 0.29) is 29.5 Å². The van der Waals surface area contributed by atoms with Crippen molar-refractivity contribution in [2.45, 2.75) is 17.1 Å². The molecule has 38 heavy (non-hydrogen) atoms. The second-order valence-corrected chi connectivity index (χ2v) is 11.5. The lowest BCUT2D eigenvalue weighted by molar-refractivity contribution is -0.135. The number of aliphatic hydroxyl groups excluding tert-OH is 1. The fourth-order valence-corrected chi connectivity index (χ4v) is 7.39. The normalized spacial score (nSPS) is 30.5. The van der Waals surface area contributed by atoms with Crippen LogP contribution in [-0.4, -0.2) is 66.7 Å². The average Bonchev–Trinajstić information content (AvgIpc) is 3.31. The number of morpholine rings is 1. The van der Waals surface area contributed by atoms with Crippen LogP contribution < -0.4 is 9.47 Å². The lowest BCUT2D eigenvalue weighted by Gasteiger charge is -2.42. The van der Waals surface area contributed by atoms with Gasteiger partial charge in [0.15, 0.2) is 5.60 Å². The molecule has 1 saturated carbocycles. The molecule has 3 aliphatic rings. The second kappa shape index (κ2) is 10.1. The van der Waals surface area contributed by atoms with E-state index in [1.165, 1.54) is 7.11 Å². The summed E-state index contributed by atoms with van der Waals surface area (Å²) >= 11 is 9.95. The van der Waals surface area contributed by atoms with Crippen LogP contribution in [0.15, 0.2) is 65.1 Å². The lowest BCUT2D eigenvalue weighted by atomic mass is 9.70. The molecule has 0 spiro atoms. The van der Waals surface area contributed by atoms with E-state index < -0.39 is 17.1 Å². The molecule has 3 aromatic rings. The number of pyridine rings is 1. The van der Waals surface area contributed by atoms with Crippen LogP contribution in [0.25, 0.3) is 0 Å². The van der Waals surface area contributed by atoms with E-state index in [0.717, 1.165) is 28.7 Å². The van der Waals surface area contributed by atoms with Crippen LogP contribution in [0.3, 0.4) is 0 Å². The summed E-state index contributed by atoms with van der Waals surface area (Å²) in [4.78, 5) is 6.73. The lowest BCUT2D eigenvalue weighted by Crippen LogP contribution is -2.53. The Labute approximate surface area is 235 Å². The number of ether oxygens (including phenoxy) is 3. The zero-order valence-corrected chi connectivity index (χ0v) is 23.4. The summed E-state index contributed by atoms with van der Waals surface area (Å²) in [6.45, 7) is 3.16. The van der Waals surface area contributed by atoms with Gasteiger partial charge in [-0.2, -0.15) is 0 Å². The van der Waals surface area contributed by atoms with Crippen molar-refractivity contribution >= 4 is 27.5 Å². The number of aromatic nitrogens is 1. The van der Waals surface area contributed by atoms with E-state index in [9.17, 15) is 10.2 Å². The largest absolute Gasteiger partial charge is 0.481 e. The van der Waals surface area contributed by atoms with Gasteiger partial charge in [0, 0.05) is 54.5 Å². The van der Waals surface area contributed by atoms with Crippen LogP contribution in [0.4, 0.5) is 0 Å². The van der Waals surface area contributed by atoms with Gasteiger partial charge in [0.2, 0.25) is 5.88 Å². The third-order valence-corrected chi connectivity index (χ3v) is 9.17. The Kier molecular flexibility index (Phi) is 6.91. The molecule has 6 rings (SSSR count). The maximum atomic E-state index is 13.3. The topological polar surface area (TPSA) is 84.3 Å². The molecule has 2 N–H and O–H groups in total. The number of rotatable bonds is 6. The van der Waals surface area contributed by atoms with Crippen molar-refractivity contribution in [3.05, 3.63) is 87.0 Å². The minimum atomic E-state index is -1.59. The van der Waals surface area contributed by atoms with Crippen LogP contribution in [0.5, 0.6) is 11.6 Å². The van der Waals surface area contributed by atoms with Gasteiger partial charge in [-0.15, -0.1) is 0 Å². The molecule has 200 valence electrons. The first-order valence-electron chi connectivity index (χ1n) is 12.8. The van der Waals surface area contributed by atoms with Gasteiger partial charge in [0.25, 0.3) is 0 Å². The van der Waals surface area contributed by atoms with E-state index in [1.807, 2.05) is 54.6 Å². The Morgan fingerprint density at radius 2 is 1.84 bits per heavy atom. The fraction of sp³-hybridized carbons (Fsp3) is 0.414. The van der Waals surface area contributed by atoms with Crippen molar-refractivity contribution in [1.82, 2.24) is 9.88 Å². The van der Waals surface area contributed by atoms with Crippen LogP contribution in [0.1, 0.15) is 22.6 Å². The predicted octanol–water partition coefficient (Wildman–Crippen LogP) is 4.34. The molecule has 0 radical (unpaired) electrons.